The van der Waals surface area contributed by atoms with Crippen LogP contribution < -0.4 is 5.56 Å². The van der Waals surface area contributed by atoms with Crippen molar-refractivity contribution in [3.63, 3.8) is 0 Å². The fraction of sp³-hybridized carbons (Fsp3) is 0.0909. The van der Waals surface area contributed by atoms with E-state index in [1.807, 2.05) is 17.5 Å². The molecule has 2 heterocycles. The highest BCUT2D eigenvalue weighted by molar-refractivity contribution is 7.90. The van der Waals surface area contributed by atoms with Gasteiger partial charge >= 0.3 is 0 Å². The smallest absolute Gasteiger partial charge is 0.267 e. The van der Waals surface area contributed by atoms with Crippen LogP contribution >= 0.6 is 11.3 Å². The molecule has 2 aromatic carbocycles. The Labute approximate surface area is 177 Å². The molecule has 4 rings (SSSR count). The van der Waals surface area contributed by atoms with Crippen molar-refractivity contribution in [3.8, 4) is 22.3 Å². The van der Waals surface area contributed by atoms with Crippen molar-refractivity contribution in [2.45, 2.75) is 11.4 Å². The van der Waals surface area contributed by atoms with Gasteiger partial charge in [0.05, 0.1) is 23.2 Å². The first-order chi connectivity index (χ1) is 14.3. The van der Waals surface area contributed by atoms with E-state index in [0.717, 1.165) is 11.1 Å². The summed E-state index contributed by atoms with van der Waals surface area (Å²) in [6.07, 6.45) is 2.68. The number of thiophene rings is 1. The Morgan fingerprint density at radius 2 is 1.80 bits per heavy atom. The Morgan fingerprint density at radius 3 is 2.47 bits per heavy atom. The summed E-state index contributed by atoms with van der Waals surface area (Å²) >= 11 is 1.52. The third-order valence-electron chi connectivity index (χ3n) is 4.64. The molecular weight excluding hydrogens is 423 g/mol. The molecule has 2 aromatic heterocycles. The van der Waals surface area contributed by atoms with Crippen LogP contribution in [0.3, 0.4) is 0 Å². The lowest BCUT2D eigenvalue weighted by Gasteiger charge is -2.13. The van der Waals surface area contributed by atoms with Gasteiger partial charge in [0, 0.05) is 16.7 Å². The standard InChI is InChI=1S/C22H17FN2O3S2/c1-30(27,28)19-6-2-4-16(12-19)20-13-24-25(14-18-5-3-11-29-18)22(26)21(20)15-7-9-17(23)10-8-15/h2-13H,14H2,1H3. The second kappa shape index (κ2) is 7.97. The number of hydrogen-bond acceptors (Lipinski definition) is 5. The Hall–Kier alpha value is -3.10. The van der Waals surface area contributed by atoms with E-state index < -0.39 is 15.7 Å². The minimum absolute atomic E-state index is 0.146. The molecule has 0 saturated carbocycles. The van der Waals surface area contributed by atoms with Crippen LogP contribution in [-0.2, 0) is 16.4 Å². The van der Waals surface area contributed by atoms with E-state index in [4.69, 9.17) is 0 Å². The molecule has 0 aliphatic heterocycles. The van der Waals surface area contributed by atoms with E-state index in [-0.39, 0.29) is 10.5 Å². The van der Waals surface area contributed by atoms with Crippen molar-refractivity contribution in [2.75, 3.05) is 6.26 Å². The summed E-state index contributed by atoms with van der Waals surface area (Å²) in [5, 5.41) is 6.24. The predicted molar refractivity (Wildman–Crippen MR) is 116 cm³/mol. The molecular formula is C22H17FN2O3S2. The van der Waals surface area contributed by atoms with Gasteiger partial charge in [-0.05, 0) is 46.8 Å². The van der Waals surface area contributed by atoms with Crippen LogP contribution in [0, 0.1) is 5.82 Å². The summed E-state index contributed by atoms with van der Waals surface area (Å²) in [5.74, 6) is -0.410. The first kappa shape index (κ1) is 20.2. The normalized spacial score (nSPS) is 11.5. The van der Waals surface area contributed by atoms with E-state index in [1.165, 1.54) is 52.4 Å². The van der Waals surface area contributed by atoms with Gasteiger partial charge in [-0.3, -0.25) is 4.79 Å². The van der Waals surface area contributed by atoms with Crippen LogP contribution in [0.5, 0.6) is 0 Å². The summed E-state index contributed by atoms with van der Waals surface area (Å²) in [6.45, 7) is 0.314. The van der Waals surface area contributed by atoms with Gasteiger partial charge in [-0.1, -0.05) is 30.3 Å². The SMILES string of the molecule is CS(=O)(=O)c1cccc(-c2cnn(Cc3cccs3)c(=O)c2-c2ccc(F)cc2)c1. The summed E-state index contributed by atoms with van der Waals surface area (Å²) in [5.41, 5.74) is 1.57. The summed E-state index contributed by atoms with van der Waals surface area (Å²) in [4.78, 5) is 14.5. The van der Waals surface area contributed by atoms with Crippen LogP contribution in [0.2, 0.25) is 0 Å². The topological polar surface area (TPSA) is 69.0 Å². The molecule has 4 aromatic rings. The number of halogens is 1. The Kier molecular flexibility index (Phi) is 5.36. The molecule has 0 bridgehead atoms. The van der Waals surface area contributed by atoms with E-state index in [2.05, 4.69) is 5.10 Å². The lowest BCUT2D eigenvalue weighted by atomic mass is 9.97. The van der Waals surface area contributed by atoms with Crippen LogP contribution in [0.15, 0.2) is 81.9 Å². The molecule has 5 nitrogen and oxygen atoms in total. The Balaban J connectivity index is 1.93. The molecule has 0 fully saturated rings. The van der Waals surface area contributed by atoms with Crippen LogP contribution in [0.25, 0.3) is 22.3 Å². The predicted octanol–water partition coefficient (Wildman–Crippen LogP) is 4.23. The molecule has 30 heavy (non-hydrogen) atoms. The average Bonchev–Trinajstić information content (AvgIpc) is 3.23. The van der Waals surface area contributed by atoms with Crippen LogP contribution in [-0.4, -0.2) is 24.5 Å². The van der Waals surface area contributed by atoms with E-state index >= 15 is 0 Å². The minimum Gasteiger partial charge on any atom is -0.267 e. The third kappa shape index (κ3) is 4.10. The highest BCUT2D eigenvalue weighted by Gasteiger charge is 2.17. The van der Waals surface area contributed by atoms with Crippen LogP contribution in [0.4, 0.5) is 4.39 Å². The van der Waals surface area contributed by atoms with Crippen LogP contribution in [0.1, 0.15) is 4.88 Å². The average molecular weight is 441 g/mol. The monoisotopic (exact) mass is 440 g/mol. The van der Waals surface area contributed by atoms with Gasteiger partial charge in [0.2, 0.25) is 0 Å². The summed E-state index contributed by atoms with van der Waals surface area (Å²) < 4.78 is 38.8. The van der Waals surface area contributed by atoms with Crippen molar-refractivity contribution < 1.29 is 12.8 Å². The molecule has 0 saturated heterocycles. The van der Waals surface area contributed by atoms with E-state index in [0.29, 0.717) is 28.8 Å². The summed E-state index contributed by atoms with van der Waals surface area (Å²) in [6, 6.07) is 15.8. The molecule has 0 spiro atoms. The maximum absolute atomic E-state index is 13.5. The number of hydrogen-bond donors (Lipinski definition) is 0. The molecule has 0 unspecified atom stereocenters. The van der Waals surface area contributed by atoms with Gasteiger partial charge in [0.1, 0.15) is 5.82 Å². The lowest BCUT2D eigenvalue weighted by molar-refractivity contribution is 0.602. The number of rotatable bonds is 5. The van der Waals surface area contributed by atoms with Gasteiger partial charge < -0.3 is 0 Å². The quantitative estimate of drug-likeness (QED) is 0.466. The van der Waals surface area contributed by atoms with Crippen molar-refractivity contribution in [1.29, 1.82) is 0 Å². The molecule has 0 aliphatic rings. The van der Waals surface area contributed by atoms with Gasteiger partial charge in [0.15, 0.2) is 9.84 Å². The molecule has 0 atom stereocenters. The van der Waals surface area contributed by atoms with Crippen molar-refractivity contribution in [2.24, 2.45) is 0 Å². The number of sulfone groups is 1. The zero-order valence-electron chi connectivity index (χ0n) is 15.9. The zero-order valence-corrected chi connectivity index (χ0v) is 17.6. The lowest BCUT2D eigenvalue weighted by Crippen LogP contribution is -2.25. The number of aromatic nitrogens is 2. The largest absolute Gasteiger partial charge is 0.275 e. The number of benzene rings is 2. The second-order valence-corrected chi connectivity index (χ2v) is 9.83. The van der Waals surface area contributed by atoms with Gasteiger partial charge in [0.25, 0.3) is 5.56 Å². The van der Waals surface area contributed by atoms with Gasteiger partial charge in [-0.25, -0.2) is 17.5 Å². The van der Waals surface area contributed by atoms with Crippen molar-refractivity contribution in [3.05, 3.63) is 93.3 Å². The first-order valence-corrected chi connectivity index (χ1v) is 11.8. The van der Waals surface area contributed by atoms with Crippen molar-refractivity contribution in [1.82, 2.24) is 9.78 Å². The Morgan fingerprint density at radius 1 is 1.03 bits per heavy atom. The fourth-order valence-corrected chi connectivity index (χ4v) is 4.51. The maximum atomic E-state index is 13.5. The summed E-state index contributed by atoms with van der Waals surface area (Å²) in [7, 11) is -3.42. The van der Waals surface area contributed by atoms with Crippen molar-refractivity contribution >= 4 is 21.2 Å². The molecule has 0 N–H and O–H groups in total. The molecule has 8 heteroatoms. The highest BCUT2D eigenvalue weighted by atomic mass is 32.2. The minimum atomic E-state index is -3.42. The maximum Gasteiger partial charge on any atom is 0.275 e. The Bertz CT molecular complexity index is 1360. The number of nitrogens with zero attached hydrogens (tertiary/aromatic N) is 2. The van der Waals surface area contributed by atoms with Gasteiger partial charge in [-0.15, -0.1) is 11.3 Å². The second-order valence-electron chi connectivity index (χ2n) is 6.78. The molecule has 152 valence electrons. The molecule has 0 aliphatic carbocycles. The molecule has 0 amide bonds. The van der Waals surface area contributed by atoms with E-state index in [9.17, 15) is 17.6 Å². The third-order valence-corrected chi connectivity index (χ3v) is 6.61. The van der Waals surface area contributed by atoms with E-state index in [1.54, 1.807) is 18.3 Å². The highest BCUT2D eigenvalue weighted by Crippen LogP contribution is 2.30. The first-order valence-electron chi connectivity index (χ1n) is 9.02. The molecule has 0 radical (unpaired) electrons. The fourth-order valence-electron chi connectivity index (χ4n) is 3.16. The van der Waals surface area contributed by atoms with Gasteiger partial charge in [-0.2, -0.15) is 5.10 Å². The zero-order chi connectivity index (χ0) is 21.3.